The number of anilines is 4. The predicted octanol–water partition coefficient (Wildman–Crippen LogP) is 16.8. The second kappa shape index (κ2) is 15.4. The fraction of sp³-hybridized carbons (Fsp3) is 0.145. The zero-order chi connectivity index (χ0) is 49.1. The van der Waals surface area contributed by atoms with Gasteiger partial charge in [-0.05, 0) is 105 Å². The number of nitrogens with zero attached hydrogens (tertiary/aromatic N) is 4. The molecule has 0 aliphatic carbocycles. The lowest BCUT2D eigenvalue weighted by Crippen LogP contribution is -2.25. The molecular formula is C62H52N4O. The molecular weight excluding hydrogens is 817 g/mol. The summed E-state index contributed by atoms with van der Waals surface area (Å²) < 4.78 is 44.9. The monoisotopic (exact) mass is 872 g/mol. The van der Waals surface area contributed by atoms with Gasteiger partial charge < -0.3 is 14.5 Å². The number of hydrogen-bond donors (Lipinski definition) is 0. The van der Waals surface area contributed by atoms with Crippen LogP contribution in [0.25, 0.3) is 72.3 Å². The van der Waals surface area contributed by atoms with E-state index in [1.54, 1.807) is 0 Å². The molecule has 8 aromatic carbocycles. The molecule has 2 aliphatic heterocycles. The molecule has 0 unspecified atom stereocenters. The number of para-hydroxylation sites is 4. The van der Waals surface area contributed by atoms with Crippen LogP contribution in [0.2, 0.25) is 0 Å². The lowest BCUT2D eigenvalue weighted by Gasteiger charge is -2.28. The van der Waals surface area contributed by atoms with Gasteiger partial charge in [-0.25, -0.2) is 4.98 Å². The smallest absolute Gasteiger partial charge is 0.138 e. The molecule has 0 atom stereocenters. The van der Waals surface area contributed by atoms with Gasteiger partial charge in [-0.3, -0.25) is 4.57 Å². The van der Waals surface area contributed by atoms with E-state index in [4.69, 9.17) is 12.5 Å². The number of hydrogen-bond acceptors (Lipinski definition) is 4. The second-order valence-electron chi connectivity index (χ2n) is 19.8. The van der Waals surface area contributed by atoms with E-state index in [9.17, 15) is 2.74 Å². The highest BCUT2D eigenvalue weighted by Crippen LogP contribution is 2.52. The first kappa shape index (κ1) is 36.3. The van der Waals surface area contributed by atoms with Crippen LogP contribution in [0, 0.1) is 0 Å². The van der Waals surface area contributed by atoms with E-state index in [0.29, 0.717) is 45.8 Å². The number of rotatable bonds is 1. The molecule has 0 amide bonds. The minimum atomic E-state index is -0.308. The highest BCUT2D eigenvalue weighted by Gasteiger charge is 2.32. The quantitative estimate of drug-likeness (QED) is 0.165. The van der Waals surface area contributed by atoms with Gasteiger partial charge in [0.05, 0.1) is 39.3 Å². The maximum absolute atomic E-state index is 9.37. The van der Waals surface area contributed by atoms with Crippen molar-refractivity contribution >= 4 is 44.6 Å². The van der Waals surface area contributed by atoms with Crippen molar-refractivity contribution in [2.24, 2.45) is 0 Å². The average Bonchev–Trinajstić information content (AvgIpc) is 3.93. The van der Waals surface area contributed by atoms with Gasteiger partial charge in [0, 0.05) is 45.3 Å². The number of aromatic nitrogens is 2. The van der Waals surface area contributed by atoms with Crippen molar-refractivity contribution in [2.75, 3.05) is 16.5 Å². The average molecular weight is 873 g/mol. The molecule has 0 N–H and O–H groups in total. The number of pyridine rings is 1. The molecule has 67 heavy (non-hydrogen) atoms. The number of fused-ring (bicyclic) bond motifs is 23. The zero-order valence-electron chi connectivity index (χ0n) is 42.6. The second-order valence-corrected chi connectivity index (χ2v) is 19.8. The Kier molecular flexibility index (Phi) is 8.33. The Bertz CT molecular complexity index is 3820. The third kappa shape index (κ3) is 6.96. The van der Waals surface area contributed by atoms with Crippen molar-refractivity contribution < 1.29 is 10.2 Å². The van der Waals surface area contributed by atoms with Crippen molar-refractivity contribution in [1.82, 2.24) is 9.55 Å². The van der Waals surface area contributed by atoms with E-state index in [0.717, 1.165) is 73.0 Å². The lowest BCUT2D eigenvalue weighted by molar-refractivity contribution is 0.483. The van der Waals surface area contributed by atoms with Crippen LogP contribution in [-0.4, -0.2) is 16.2 Å². The van der Waals surface area contributed by atoms with E-state index in [2.05, 4.69) is 191 Å². The largest absolute Gasteiger partial charge is 0.457 e. The topological polar surface area (TPSA) is 33.5 Å². The van der Waals surface area contributed by atoms with Crippen molar-refractivity contribution in [3.05, 3.63) is 205 Å². The normalized spacial score (nSPS) is 14.1. The molecule has 10 bridgehead atoms. The maximum Gasteiger partial charge on any atom is 0.138 e. The van der Waals surface area contributed by atoms with Gasteiger partial charge in [-0.15, -0.1) is 0 Å². The molecule has 4 heterocycles. The molecule has 2 aromatic heterocycles. The summed E-state index contributed by atoms with van der Waals surface area (Å²) in [5.41, 5.74) is 15.4. The molecule has 326 valence electrons. The highest BCUT2D eigenvalue weighted by molar-refractivity contribution is 6.09. The Labute approximate surface area is 398 Å². The van der Waals surface area contributed by atoms with Crippen LogP contribution in [0.4, 0.5) is 22.7 Å². The van der Waals surface area contributed by atoms with Gasteiger partial charge in [-0.1, -0.05) is 163 Å². The summed E-state index contributed by atoms with van der Waals surface area (Å²) in [5, 5.41) is 1.10. The molecule has 0 spiro atoms. The first-order valence-corrected chi connectivity index (χ1v) is 23.1. The molecule has 0 radical (unpaired) electrons. The molecule has 0 saturated carbocycles. The summed E-state index contributed by atoms with van der Waals surface area (Å²) in [7, 11) is 0. The standard InChI is InChI=1S/C62H52N4O/c1-61(2,3)43-20-14-18-41(34-43)49-26-16-27-53-50-24-8-7-23-48(50)40-17-13-19-42(33-40)54-35-44(62(4,5)6)36-59(63-54)66-55-28-10-9-25-51(55)52-32-31-47(38-58(52)66)67-46-22-15-21-45(37-46)64-39-65(60(49)53)57-30-12-11-29-56(57)64/h7-38H,39H2,1-6H3/i9D,10D,25D,28D. The Balaban J connectivity index is 1.17. The molecule has 10 aromatic rings. The summed E-state index contributed by atoms with van der Waals surface area (Å²) in [6.45, 7) is 13.9. The summed E-state index contributed by atoms with van der Waals surface area (Å²) in [6.07, 6.45) is 0. The minimum absolute atomic E-state index is 0.0474. The highest BCUT2D eigenvalue weighted by atomic mass is 16.5. The SMILES string of the molecule is [2H]c1c([2H])c([2H])c2c(c1[2H])c1ccc3cc1n2-c1cc(C(C)(C)C)cc(n1)-c1cccc(c1)-c1ccccc1-c1cccc(-c2cccc(C(C)(C)C)c2)c1N1CN(c2cccc(c2)O3)c2ccccc21. The molecule has 0 fully saturated rings. The lowest BCUT2D eigenvalue weighted by atomic mass is 9.84. The van der Waals surface area contributed by atoms with Gasteiger partial charge >= 0.3 is 0 Å². The Morgan fingerprint density at radius 1 is 0.493 bits per heavy atom. The Morgan fingerprint density at radius 3 is 1.97 bits per heavy atom. The molecule has 5 heteroatoms. The Hall–Kier alpha value is -7.89. The first-order chi connectivity index (χ1) is 34.1. The van der Waals surface area contributed by atoms with Gasteiger partial charge in [0.25, 0.3) is 0 Å². The zero-order valence-corrected chi connectivity index (χ0v) is 38.6. The molecule has 0 saturated heterocycles. The fourth-order valence-corrected chi connectivity index (χ4v) is 9.94. The first-order valence-electron chi connectivity index (χ1n) is 25.1. The van der Waals surface area contributed by atoms with Gasteiger partial charge in [0.15, 0.2) is 0 Å². The van der Waals surface area contributed by atoms with Crippen LogP contribution in [-0.2, 0) is 10.8 Å². The predicted molar refractivity (Wildman–Crippen MR) is 280 cm³/mol. The molecule has 5 nitrogen and oxygen atoms in total. The molecule has 12 rings (SSSR count). The van der Waals surface area contributed by atoms with Crippen molar-refractivity contribution in [3.63, 3.8) is 0 Å². The summed E-state index contributed by atoms with van der Waals surface area (Å²) >= 11 is 0. The van der Waals surface area contributed by atoms with Crippen LogP contribution in [0.5, 0.6) is 11.5 Å². The van der Waals surface area contributed by atoms with Crippen LogP contribution in [0.1, 0.15) is 58.2 Å². The van der Waals surface area contributed by atoms with Crippen LogP contribution < -0.4 is 14.5 Å². The number of benzene rings is 8. The minimum Gasteiger partial charge on any atom is -0.457 e. The van der Waals surface area contributed by atoms with E-state index in [1.165, 1.54) is 5.56 Å². The third-order valence-corrected chi connectivity index (χ3v) is 13.4. The summed E-state index contributed by atoms with van der Waals surface area (Å²) in [4.78, 5) is 10.2. The van der Waals surface area contributed by atoms with Crippen LogP contribution >= 0.6 is 0 Å². The van der Waals surface area contributed by atoms with Crippen molar-refractivity contribution in [2.45, 2.75) is 52.4 Å². The molecule has 2 aliphatic rings. The van der Waals surface area contributed by atoms with Gasteiger partial charge in [0.2, 0.25) is 0 Å². The van der Waals surface area contributed by atoms with E-state index >= 15 is 0 Å². The number of ether oxygens (including phenoxy) is 1. The summed E-state index contributed by atoms with van der Waals surface area (Å²) in [6, 6.07) is 58.9. The Morgan fingerprint density at radius 2 is 1.15 bits per heavy atom. The van der Waals surface area contributed by atoms with E-state index in [-0.39, 0.29) is 35.0 Å². The third-order valence-electron chi connectivity index (χ3n) is 13.4. The van der Waals surface area contributed by atoms with Gasteiger partial charge in [-0.2, -0.15) is 0 Å². The maximum atomic E-state index is 9.37. The fourth-order valence-electron chi connectivity index (χ4n) is 9.94. The van der Waals surface area contributed by atoms with E-state index < -0.39 is 0 Å². The van der Waals surface area contributed by atoms with Crippen LogP contribution in [0.3, 0.4) is 0 Å². The van der Waals surface area contributed by atoms with Gasteiger partial charge in [0.1, 0.15) is 24.0 Å². The van der Waals surface area contributed by atoms with Crippen molar-refractivity contribution in [1.29, 1.82) is 0 Å². The van der Waals surface area contributed by atoms with Crippen LogP contribution in [0.15, 0.2) is 194 Å². The van der Waals surface area contributed by atoms with E-state index in [1.807, 2.05) is 34.9 Å². The summed E-state index contributed by atoms with van der Waals surface area (Å²) in [5.74, 6) is 1.73. The van der Waals surface area contributed by atoms with Crippen molar-refractivity contribution in [3.8, 4) is 62.0 Å².